The number of amides is 1. The van der Waals surface area contributed by atoms with Gasteiger partial charge in [0.2, 0.25) is 0 Å². The molecule has 0 aliphatic carbocycles. The molecule has 7 heteroatoms. The molecule has 0 bridgehead atoms. The van der Waals surface area contributed by atoms with Crippen LogP contribution in [0.3, 0.4) is 0 Å². The first-order chi connectivity index (χ1) is 13.4. The van der Waals surface area contributed by atoms with Crippen LogP contribution in [0.2, 0.25) is 0 Å². The van der Waals surface area contributed by atoms with Crippen molar-refractivity contribution in [3.05, 3.63) is 81.8 Å². The number of anilines is 1. The number of rotatable bonds is 5. The van der Waals surface area contributed by atoms with E-state index in [1.165, 1.54) is 4.68 Å². The van der Waals surface area contributed by atoms with E-state index in [0.717, 1.165) is 5.56 Å². The van der Waals surface area contributed by atoms with Crippen LogP contribution in [0.5, 0.6) is 0 Å². The number of hydrogen-bond acceptors (Lipinski definition) is 4. The normalized spacial score (nSPS) is 10.5. The largest absolute Gasteiger partial charge is 0.452 e. The standard InChI is InChI=1S/C21H21N3O4/c1-14-9-7-8-12-17(14)21(27)28-13-18(25)22-19-15(2)23(3)24(20(19)26)16-10-5-4-6-11-16/h4-12H,13H2,1-3H3,(H,22,25). The van der Waals surface area contributed by atoms with Gasteiger partial charge in [0.05, 0.1) is 16.9 Å². The lowest BCUT2D eigenvalue weighted by Crippen LogP contribution is -2.26. The number of benzene rings is 2. The molecule has 0 unspecified atom stereocenters. The van der Waals surface area contributed by atoms with Gasteiger partial charge in [0.15, 0.2) is 6.61 Å². The summed E-state index contributed by atoms with van der Waals surface area (Å²) in [6, 6.07) is 16.1. The smallest absolute Gasteiger partial charge is 0.338 e. The molecule has 3 rings (SSSR count). The lowest BCUT2D eigenvalue weighted by Gasteiger charge is -2.07. The molecule has 1 N–H and O–H groups in total. The topological polar surface area (TPSA) is 82.3 Å². The fraction of sp³-hybridized carbons (Fsp3) is 0.190. The maximum absolute atomic E-state index is 12.8. The highest BCUT2D eigenvalue weighted by atomic mass is 16.5. The minimum atomic E-state index is -0.584. The maximum Gasteiger partial charge on any atom is 0.338 e. The molecule has 0 aliphatic rings. The van der Waals surface area contributed by atoms with Crippen molar-refractivity contribution >= 4 is 17.6 Å². The number of carbonyl (C=O) groups excluding carboxylic acids is 2. The van der Waals surface area contributed by atoms with Crippen molar-refractivity contribution in [1.29, 1.82) is 0 Å². The first kappa shape index (κ1) is 19.2. The Morgan fingerprint density at radius 1 is 1.00 bits per heavy atom. The summed E-state index contributed by atoms with van der Waals surface area (Å²) in [6.45, 7) is 3.04. The summed E-state index contributed by atoms with van der Waals surface area (Å²) in [4.78, 5) is 37.1. The van der Waals surface area contributed by atoms with Crippen LogP contribution >= 0.6 is 0 Å². The molecule has 1 aromatic heterocycles. The predicted octanol–water partition coefficient (Wildman–Crippen LogP) is 2.59. The molecule has 0 fully saturated rings. The van der Waals surface area contributed by atoms with Crippen LogP contribution in [0.4, 0.5) is 5.69 Å². The number of esters is 1. The molecule has 0 atom stereocenters. The quantitative estimate of drug-likeness (QED) is 0.691. The molecule has 1 heterocycles. The van der Waals surface area contributed by atoms with E-state index in [0.29, 0.717) is 16.9 Å². The number of hydrogen-bond donors (Lipinski definition) is 1. The number of para-hydroxylation sites is 1. The Balaban J connectivity index is 1.74. The van der Waals surface area contributed by atoms with Crippen LogP contribution in [-0.4, -0.2) is 27.8 Å². The second kappa shape index (κ2) is 7.96. The van der Waals surface area contributed by atoms with Gasteiger partial charge in [-0.1, -0.05) is 36.4 Å². The molecule has 7 nitrogen and oxygen atoms in total. The second-order valence-corrected chi connectivity index (χ2v) is 6.38. The van der Waals surface area contributed by atoms with Crippen molar-refractivity contribution < 1.29 is 14.3 Å². The Kier molecular flexibility index (Phi) is 5.44. The Labute approximate surface area is 162 Å². The summed E-state index contributed by atoms with van der Waals surface area (Å²) >= 11 is 0. The van der Waals surface area contributed by atoms with Gasteiger partial charge < -0.3 is 10.1 Å². The minimum absolute atomic E-state index is 0.156. The molecule has 0 spiro atoms. The van der Waals surface area contributed by atoms with Crippen LogP contribution in [0.1, 0.15) is 21.6 Å². The molecule has 3 aromatic rings. The minimum Gasteiger partial charge on any atom is -0.452 e. The predicted molar refractivity (Wildman–Crippen MR) is 106 cm³/mol. The fourth-order valence-electron chi connectivity index (χ4n) is 2.90. The van der Waals surface area contributed by atoms with Crippen molar-refractivity contribution in [2.45, 2.75) is 13.8 Å². The van der Waals surface area contributed by atoms with Gasteiger partial charge in [-0.25, -0.2) is 9.48 Å². The molecule has 1 amide bonds. The van der Waals surface area contributed by atoms with Gasteiger partial charge >= 0.3 is 5.97 Å². The van der Waals surface area contributed by atoms with Crippen molar-refractivity contribution in [1.82, 2.24) is 9.36 Å². The average Bonchev–Trinajstić information content (AvgIpc) is 2.90. The van der Waals surface area contributed by atoms with Gasteiger partial charge in [-0.15, -0.1) is 0 Å². The fourth-order valence-corrected chi connectivity index (χ4v) is 2.90. The van der Waals surface area contributed by atoms with Gasteiger partial charge in [0, 0.05) is 7.05 Å². The van der Waals surface area contributed by atoms with Crippen LogP contribution in [-0.2, 0) is 16.6 Å². The maximum atomic E-state index is 12.8. The summed E-state index contributed by atoms with van der Waals surface area (Å²) in [6.07, 6.45) is 0. The molecule has 0 radical (unpaired) electrons. The Hall–Kier alpha value is -3.61. The zero-order valence-electron chi connectivity index (χ0n) is 15.9. The Morgan fingerprint density at radius 3 is 2.32 bits per heavy atom. The summed E-state index contributed by atoms with van der Waals surface area (Å²) in [5, 5.41) is 2.56. The van der Waals surface area contributed by atoms with E-state index in [2.05, 4.69) is 5.32 Å². The first-order valence-electron chi connectivity index (χ1n) is 8.76. The monoisotopic (exact) mass is 379 g/mol. The number of aryl methyl sites for hydroxylation is 1. The summed E-state index contributed by atoms with van der Waals surface area (Å²) in [5.74, 6) is -1.16. The lowest BCUT2D eigenvalue weighted by atomic mass is 10.1. The van der Waals surface area contributed by atoms with Gasteiger partial charge in [-0.2, -0.15) is 0 Å². The summed E-state index contributed by atoms with van der Waals surface area (Å²) in [5.41, 5.74) is 2.24. The highest BCUT2D eigenvalue weighted by Crippen LogP contribution is 2.14. The van der Waals surface area contributed by atoms with Crippen LogP contribution in [0.15, 0.2) is 59.4 Å². The molecular formula is C21H21N3O4. The average molecular weight is 379 g/mol. The molecule has 2 aromatic carbocycles. The van der Waals surface area contributed by atoms with E-state index in [1.807, 2.05) is 24.3 Å². The van der Waals surface area contributed by atoms with E-state index in [4.69, 9.17) is 4.74 Å². The Morgan fingerprint density at radius 2 is 1.64 bits per heavy atom. The number of nitrogens with zero attached hydrogens (tertiary/aromatic N) is 2. The zero-order chi connectivity index (χ0) is 20.3. The molecule has 28 heavy (non-hydrogen) atoms. The van der Waals surface area contributed by atoms with Crippen molar-refractivity contribution in [3.8, 4) is 5.69 Å². The number of nitrogens with one attached hydrogen (secondary N) is 1. The lowest BCUT2D eigenvalue weighted by molar-refractivity contribution is -0.119. The van der Waals surface area contributed by atoms with Crippen LogP contribution < -0.4 is 10.9 Å². The van der Waals surface area contributed by atoms with E-state index in [1.54, 1.807) is 55.9 Å². The van der Waals surface area contributed by atoms with Crippen LogP contribution in [0.25, 0.3) is 5.69 Å². The van der Waals surface area contributed by atoms with E-state index >= 15 is 0 Å². The third-order valence-electron chi connectivity index (χ3n) is 4.52. The molecular weight excluding hydrogens is 358 g/mol. The molecule has 0 saturated heterocycles. The van der Waals surface area contributed by atoms with Gasteiger partial charge in [-0.3, -0.25) is 14.3 Å². The van der Waals surface area contributed by atoms with Crippen LogP contribution in [0, 0.1) is 13.8 Å². The van der Waals surface area contributed by atoms with Crippen molar-refractivity contribution in [2.75, 3.05) is 11.9 Å². The third kappa shape index (κ3) is 3.73. The number of ether oxygens (including phenoxy) is 1. The second-order valence-electron chi connectivity index (χ2n) is 6.38. The number of carbonyl (C=O) groups is 2. The van der Waals surface area contributed by atoms with Gasteiger partial charge in [0.25, 0.3) is 11.5 Å². The van der Waals surface area contributed by atoms with E-state index in [-0.39, 0.29) is 11.2 Å². The zero-order valence-corrected chi connectivity index (χ0v) is 15.9. The van der Waals surface area contributed by atoms with Gasteiger partial charge in [0.1, 0.15) is 5.69 Å². The molecule has 0 saturated carbocycles. The van der Waals surface area contributed by atoms with Crippen molar-refractivity contribution in [3.63, 3.8) is 0 Å². The third-order valence-corrected chi connectivity index (χ3v) is 4.52. The summed E-state index contributed by atoms with van der Waals surface area (Å²) in [7, 11) is 1.73. The first-order valence-corrected chi connectivity index (χ1v) is 8.76. The SMILES string of the molecule is Cc1ccccc1C(=O)OCC(=O)Nc1c(C)n(C)n(-c2ccccc2)c1=O. The summed E-state index contributed by atoms with van der Waals surface area (Å²) < 4.78 is 8.20. The Bertz CT molecular complexity index is 1080. The molecule has 0 aliphatic heterocycles. The highest BCUT2D eigenvalue weighted by Gasteiger charge is 2.19. The van der Waals surface area contributed by atoms with E-state index in [9.17, 15) is 14.4 Å². The number of aromatic nitrogens is 2. The van der Waals surface area contributed by atoms with Crippen molar-refractivity contribution in [2.24, 2.45) is 7.05 Å². The highest BCUT2D eigenvalue weighted by molar-refractivity contribution is 5.96. The van der Waals surface area contributed by atoms with Gasteiger partial charge in [-0.05, 0) is 37.6 Å². The molecule has 144 valence electrons. The van der Waals surface area contributed by atoms with E-state index < -0.39 is 18.5 Å².